The van der Waals surface area contributed by atoms with Crippen LogP contribution in [0, 0.1) is 13.8 Å². The van der Waals surface area contributed by atoms with Crippen LogP contribution in [0.1, 0.15) is 60.8 Å². The first kappa shape index (κ1) is 43.8. The van der Waals surface area contributed by atoms with Gasteiger partial charge in [0.1, 0.15) is 24.7 Å². The molecule has 0 saturated carbocycles. The third-order valence-corrected chi connectivity index (χ3v) is 11.0. The van der Waals surface area contributed by atoms with Crippen molar-refractivity contribution in [2.45, 2.75) is 46.6 Å². The van der Waals surface area contributed by atoms with Crippen molar-refractivity contribution in [1.29, 1.82) is 0 Å². The van der Waals surface area contributed by atoms with Crippen LogP contribution in [0.3, 0.4) is 0 Å². The lowest BCUT2D eigenvalue weighted by atomic mass is 10.1. The molecule has 0 atom stereocenters. The minimum absolute atomic E-state index is 0.225. The van der Waals surface area contributed by atoms with Crippen molar-refractivity contribution >= 4 is 56.4 Å². The summed E-state index contributed by atoms with van der Waals surface area (Å²) in [5.74, 6) is 1.00. The van der Waals surface area contributed by atoms with Gasteiger partial charge in [0, 0.05) is 80.3 Å². The minimum atomic E-state index is -0.225. The van der Waals surface area contributed by atoms with Gasteiger partial charge in [0.25, 0.3) is 11.8 Å². The van der Waals surface area contributed by atoms with Crippen molar-refractivity contribution in [3.05, 3.63) is 190 Å². The molecule has 8 N–H and O–H groups in total. The van der Waals surface area contributed by atoms with Gasteiger partial charge in [0.15, 0.2) is 0 Å². The number of pyridine rings is 2. The smallest absolute Gasteiger partial charge is 0.256 e. The van der Waals surface area contributed by atoms with E-state index in [-0.39, 0.29) is 25.0 Å². The van der Waals surface area contributed by atoms with Crippen LogP contribution in [0.15, 0.2) is 146 Å². The first-order valence-corrected chi connectivity index (χ1v) is 21.6. The lowest BCUT2D eigenvalue weighted by Crippen LogP contribution is -2.21. The average Bonchev–Trinajstić information content (AvgIpc) is 3.31. The number of aromatic nitrogens is 2. The number of nitrogens with zero attached hydrogens (tertiary/aromatic N) is 2. The molecule has 0 aliphatic rings. The number of hydrogen-bond donors (Lipinski definition) is 6. The topological polar surface area (TPSA) is 179 Å². The molecule has 2 aromatic heterocycles. The Hall–Kier alpha value is -7.80. The zero-order valence-corrected chi connectivity index (χ0v) is 36.5. The molecule has 0 aliphatic heterocycles. The first-order valence-electron chi connectivity index (χ1n) is 21.6. The number of anilines is 4. The standard InChI is InChI=1S/C53H52N8O4/c1-34-26-48(54)46-28-40(16-22-50(46)58-34)60-52(62)44-10-5-3-8-38(44)32-64-42-18-12-36(13-19-42)30-56-24-7-25-57-31-37-14-20-43(21-15-37)65-33-39-9-4-6-11-45(39)53(63)61-41-17-23-51-47(29-41)49(55)27-35(2)59-51/h3-6,8-23,26-29,56-57H,7,24-25,30-33H2,1-2H3,(H2,54,58)(H2,55,59)(H,60,62)(H,61,63). The molecule has 328 valence electrons. The van der Waals surface area contributed by atoms with Gasteiger partial charge in [-0.25, -0.2) is 0 Å². The molecule has 6 aromatic carbocycles. The molecule has 2 heterocycles. The SMILES string of the molecule is Cc1cc(N)c2cc(NC(=O)c3ccccc3COc3ccc(CNCCCNCc4ccc(OCc5ccccc5C(=O)Nc5ccc6nc(C)cc(N)c6c5)cc4)cc3)ccc2n1. The molecule has 12 nitrogen and oxygen atoms in total. The van der Waals surface area contributed by atoms with Gasteiger partial charge >= 0.3 is 0 Å². The maximum absolute atomic E-state index is 13.3. The van der Waals surface area contributed by atoms with Crippen LogP contribution < -0.4 is 42.2 Å². The predicted octanol–water partition coefficient (Wildman–Crippen LogP) is 9.50. The van der Waals surface area contributed by atoms with Crippen LogP contribution in [0.4, 0.5) is 22.7 Å². The maximum Gasteiger partial charge on any atom is 0.256 e. The third-order valence-electron chi connectivity index (χ3n) is 11.0. The number of carbonyl (C=O) groups is 2. The van der Waals surface area contributed by atoms with Gasteiger partial charge in [0.05, 0.1) is 11.0 Å². The van der Waals surface area contributed by atoms with Crippen molar-refractivity contribution in [2.75, 3.05) is 35.2 Å². The number of nitrogens with one attached hydrogen (secondary N) is 4. The highest BCUT2D eigenvalue weighted by molar-refractivity contribution is 6.07. The number of ether oxygens (including phenoxy) is 2. The zero-order chi connectivity index (χ0) is 45.1. The van der Waals surface area contributed by atoms with E-state index in [4.69, 9.17) is 20.9 Å². The van der Waals surface area contributed by atoms with E-state index in [9.17, 15) is 9.59 Å². The molecule has 0 saturated heterocycles. The number of amides is 2. The van der Waals surface area contributed by atoms with Crippen LogP contribution in [0.25, 0.3) is 21.8 Å². The van der Waals surface area contributed by atoms with Gasteiger partial charge in [-0.2, -0.15) is 0 Å². The maximum atomic E-state index is 13.3. The van der Waals surface area contributed by atoms with Gasteiger partial charge in [0.2, 0.25) is 0 Å². The molecule has 0 spiro atoms. The highest BCUT2D eigenvalue weighted by atomic mass is 16.5. The van der Waals surface area contributed by atoms with E-state index in [1.54, 1.807) is 12.1 Å². The Morgan fingerprint density at radius 2 is 0.938 bits per heavy atom. The monoisotopic (exact) mass is 864 g/mol. The predicted molar refractivity (Wildman–Crippen MR) is 260 cm³/mol. The second-order valence-corrected chi connectivity index (χ2v) is 16.0. The summed E-state index contributed by atoms with van der Waals surface area (Å²) in [4.78, 5) is 35.7. The normalized spacial score (nSPS) is 11.1. The number of rotatable bonds is 18. The van der Waals surface area contributed by atoms with Crippen molar-refractivity contribution in [3.8, 4) is 11.5 Å². The summed E-state index contributed by atoms with van der Waals surface area (Å²) in [5.41, 5.74) is 23.2. The Labute approximate surface area is 378 Å². The van der Waals surface area contributed by atoms with Crippen LogP contribution >= 0.6 is 0 Å². The summed E-state index contributed by atoms with van der Waals surface area (Å²) in [7, 11) is 0. The van der Waals surface area contributed by atoms with Gasteiger partial charge < -0.3 is 42.2 Å². The van der Waals surface area contributed by atoms with E-state index < -0.39 is 0 Å². The van der Waals surface area contributed by atoms with Crippen LogP contribution in [-0.4, -0.2) is 34.9 Å². The fourth-order valence-electron chi connectivity index (χ4n) is 7.60. The molecule has 0 fully saturated rings. The number of carbonyl (C=O) groups excluding carboxylic acids is 2. The molecule has 8 aromatic rings. The molecule has 8 rings (SSSR count). The number of hydrogen-bond acceptors (Lipinski definition) is 10. The second-order valence-electron chi connectivity index (χ2n) is 16.0. The largest absolute Gasteiger partial charge is 0.489 e. The summed E-state index contributed by atoms with van der Waals surface area (Å²) in [6.45, 7) is 7.53. The fourth-order valence-corrected chi connectivity index (χ4v) is 7.60. The van der Waals surface area contributed by atoms with E-state index >= 15 is 0 Å². The summed E-state index contributed by atoms with van der Waals surface area (Å²) in [6, 6.07) is 45.6. The van der Waals surface area contributed by atoms with E-state index in [1.165, 1.54) is 0 Å². The Bertz CT molecular complexity index is 2760. The molecular weight excluding hydrogens is 813 g/mol. The molecule has 0 unspecified atom stereocenters. The van der Waals surface area contributed by atoms with Gasteiger partial charge in [-0.3, -0.25) is 19.6 Å². The lowest BCUT2D eigenvalue weighted by molar-refractivity contribution is 0.101. The molecule has 0 bridgehead atoms. The number of fused-ring (bicyclic) bond motifs is 2. The molecule has 12 heteroatoms. The summed E-state index contributed by atoms with van der Waals surface area (Å²) in [6.07, 6.45) is 0.972. The fraction of sp³-hybridized carbons (Fsp3) is 0.170. The van der Waals surface area contributed by atoms with Crippen molar-refractivity contribution < 1.29 is 19.1 Å². The van der Waals surface area contributed by atoms with Crippen molar-refractivity contribution in [1.82, 2.24) is 20.6 Å². The first-order chi connectivity index (χ1) is 31.6. The van der Waals surface area contributed by atoms with Crippen LogP contribution in [0.5, 0.6) is 11.5 Å². The van der Waals surface area contributed by atoms with Crippen molar-refractivity contribution in [3.63, 3.8) is 0 Å². The van der Waals surface area contributed by atoms with Gasteiger partial charge in [-0.15, -0.1) is 0 Å². The van der Waals surface area contributed by atoms with Gasteiger partial charge in [-0.05, 0) is 129 Å². The van der Waals surface area contributed by atoms with E-state index in [0.29, 0.717) is 33.9 Å². The van der Waals surface area contributed by atoms with E-state index in [1.807, 2.05) is 147 Å². The summed E-state index contributed by atoms with van der Waals surface area (Å²) >= 11 is 0. The quantitative estimate of drug-likeness (QED) is 0.0455. The molecule has 65 heavy (non-hydrogen) atoms. The zero-order valence-electron chi connectivity index (χ0n) is 36.5. The van der Waals surface area contributed by atoms with E-state index in [2.05, 4.69) is 31.2 Å². The number of aryl methyl sites for hydroxylation is 2. The molecular formula is C53H52N8O4. The van der Waals surface area contributed by atoms with Gasteiger partial charge in [-0.1, -0.05) is 60.7 Å². The Balaban J connectivity index is 0.722. The number of nitrogens with two attached hydrogens (primary N) is 2. The van der Waals surface area contributed by atoms with E-state index in [0.717, 1.165) is 99.5 Å². The van der Waals surface area contributed by atoms with Crippen molar-refractivity contribution in [2.24, 2.45) is 0 Å². The number of nitrogen functional groups attached to an aromatic ring is 2. The lowest BCUT2D eigenvalue weighted by Gasteiger charge is -2.13. The molecule has 0 radical (unpaired) electrons. The Kier molecular flexibility index (Phi) is 13.9. The Morgan fingerprint density at radius 1 is 0.523 bits per heavy atom. The Morgan fingerprint density at radius 3 is 1.37 bits per heavy atom. The number of benzene rings is 6. The second kappa shape index (κ2) is 20.6. The summed E-state index contributed by atoms with van der Waals surface area (Å²) in [5, 5.41) is 14.6. The van der Waals surface area contributed by atoms with Crippen LogP contribution in [-0.2, 0) is 26.3 Å². The molecule has 2 amide bonds. The molecule has 0 aliphatic carbocycles. The van der Waals surface area contributed by atoms with Crippen LogP contribution in [0.2, 0.25) is 0 Å². The summed E-state index contributed by atoms with van der Waals surface area (Å²) < 4.78 is 12.2. The average molecular weight is 865 g/mol. The highest BCUT2D eigenvalue weighted by Crippen LogP contribution is 2.27. The third kappa shape index (κ3) is 11.4. The highest BCUT2D eigenvalue weighted by Gasteiger charge is 2.15. The minimum Gasteiger partial charge on any atom is -0.489 e.